The summed E-state index contributed by atoms with van der Waals surface area (Å²) in [5.41, 5.74) is 0.469. The number of hydrogen-bond acceptors (Lipinski definition) is 2. The lowest BCUT2D eigenvalue weighted by Crippen LogP contribution is -2.33. The second kappa shape index (κ2) is 11.8. The van der Waals surface area contributed by atoms with Gasteiger partial charge in [-0.25, -0.2) is 0 Å². The molecule has 2 heterocycles. The highest BCUT2D eigenvalue weighted by molar-refractivity contribution is 5.15. The van der Waals surface area contributed by atoms with Gasteiger partial charge in [0, 0.05) is 49.6 Å². The number of hydrogen-bond donors (Lipinski definition) is 0. The van der Waals surface area contributed by atoms with Crippen LogP contribution >= 0.6 is 0 Å². The van der Waals surface area contributed by atoms with Crippen molar-refractivity contribution in [3.05, 3.63) is 0 Å². The molecular weight excluding hydrogens is 332 g/mol. The zero-order valence-corrected chi connectivity index (χ0v) is 18.9. The molecule has 0 unspecified atom stereocenters. The van der Waals surface area contributed by atoms with Gasteiger partial charge in [-0.15, -0.1) is 5.92 Å². The van der Waals surface area contributed by atoms with Gasteiger partial charge in [-0.05, 0) is 37.5 Å². The molecule has 27 heavy (non-hydrogen) atoms. The standard InChI is InChI=1S/C13H22O.C12H20O/c1-11(2)5-6-13(12(3)4)7-9-14-10-8-13;1-4-5-6-12(11(2)3)7-9-13-10-8-12/h11-12H,7-10H2,1-4H3;11H,4,7-10H2,1-3H3. The van der Waals surface area contributed by atoms with Gasteiger partial charge in [-0.2, -0.15) is 0 Å². The largest absolute Gasteiger partial charge is 0.381 e. The first-order chi connectivity index (χ1) is 12.8. The van der Waals surface area contributed by atoms with Gasteiger partial charge in [0.2, 0.25) is 0 Å². The van der Waals surface area contributed by atoms with Crippen LogP contribution in [-0.2, 0) is 9.47 Å². The molecule has 0 radical (unpaired) electrons. The van der Waals surface area contributed by atoms with Gasteiger partial charge < -0.3 is 9.47 Å². The SMILES string of the molecule is CC(C)C#CC1(C(C)C)CCOCC1.CCC#CC1(C(C)C)CCOCC1. The Labute approximate surface area is 169 Å². The molecule has 0 aromatic carbocycles. The van der Waals surface area contributed by atoms with Crippen molar-refractivity contribution in [3.63, 3.8) is 0 Å². The molecule has 2 rings (SSSR count). The first-order valence-corrected chi connectivity index (χ1v) is 11.0. The van der Waals surface area contributed by atoms with Crippen molar-refractivity contribution in [1.29, 1.82) is 0 Å². The lowest BCUT2D eigenvalue weighted by atomic mass is 9.72. The monoisotopic (exact) mass is 374 g/mol. The molecule has 154 valence electrons. The minimum atomic E-state index is 0.225. The van der Waals surface area contributed by atoms with Gasteiger partial charge >= 0.3 is 0 Å². The van der Waals surface area contributed by atoms with Crippen molar-refractivity contribution >= 4 is 0 Å². The highest BCUT2D eigenvalue weighted by Crippen LogP contribution is 2.38. The summed E-state index contributed by atoms with van der Waals surface area (Å²) in [5, 5.41) is 0. The summed E-state index contributed by atoms with van der Waals surface area (Å²) in [6.07, 6.45) is 5.39. The molecule has 2 heteroatoms. The quantitative estimate of drug-likeness (QED) is 0.556. The number of rotatable bonds is 2. The minimum absolute atomic E-state index is 0.225. The molecular formula is C25H42O2. The normalized spacial score (nSPS) is 20.8. The van der Waals surface area contributed by atoms with Crippen molar-refractivity contribution in [2.75, 3.05) is 26.4 Å². The Balaban J connectivity index is 0.000000271. The zero-order valence-electron chi connectivity index (χ0n) is 18.9. The Hall–Kier alpha value is -0.960. The van der Waals surface area contributed by atoms with Gasteiger partial charge in [0.1, 0.15) is 0 Å². The third-order valence-corrected chi connectivity index (χ3v) is 6.10. The van der Waals surface area contributed by atoms with E-state index >= 15 is 0 Å². The first-order valence-electron chi connectivity index (χ1n) is 11.0. The van der Waals surface area contributed by atoms with E-state index in [1.807, 2.05) is 0 Å². The molecule has 2 aliphatic rings. The molecule has 0 amide bonds. The van der Waals surface area contributed by atoms with Crippen LogP contribution in [0, 0.1) is 52.3 Å². The van der Waals surface area contributed by atoms with Crippen LogP contribution in [0.3, 0.4) is 0 Å². The van der Waals surface area contributed by atoms with E-state index in [1.165, 1.54) is 0 Å². The summed E-state index contributed by atoms with van der Waals surface area (Å²) in [4.78, 5) is 0. The lowest BCUT2D eigenvalue weighted by molar-refractivity contribution is 0.0214. The Morgan fingerprint density at radius 2 is 1.11 bits per heavy atom. The van der Waals surface area contributed by atoms with Crippen LogP contribution < -0.4 is 0 Å². The Morgan fingerprint density at radius 1 is 0.704 bits per heavy atom. The molecule has 2 fully saturated rings. The van der Waals surface area contributed by atoms with Gasteiger partial charge in [-0.1, -0.05) is 66.2 Å². The van der Waals surface area contributed by atoms with Crippen LogP contribution in [0.5, 0.6) is 0 Å². The molecule has 0 spiro atoms. The molecule has 2 aliphatic heterocycles. The average Bonchev–Trinajstić information content (AvgIpc) is 2.66. The fourth-order valence-corrected chi connectivity index (χ4v) is 3.72. The topological polar surface area (TPSA) is 18.5 Å². The Kier molecular flexibility index (Phi) is 10.5. The van der Waals surface area contributed by atoms with Crippen LogP contribution in [0.4, 0.5) is 0 Å². The maximum absolute atomic E-state index is 5.41. The van der Waals surface area contributed by atoms with Crippen LogP contribution in [-0.4, -0.2) is 26.4 Å². The van der Waals surface area contributed by atoms with Crippen LogP contribution in [0.25, 0.3) is 0 Å². The minimum Gasteiger partial charge on any atom is -0.381 e. The van der Waals surface area contributed by atoms with E-state index in [1.54, 1.807) is 0 Å². The molecule has 0 N–H and O–H groups in total. The van der Waals surface area contributed by atoms with E-state index in [9.17, 15) is 0 Å². The van der Waals surface area contributed by atoms with Gasteiger partial charge in [0.15, 0.2) is 0 Å². The summed E-state index contributed by atoms with van der Waals surface area (Å²) in [7, 11) is 0. The molecule has 0 atom stereocenters. The molecule has 0 saturated carbocycles. The maximum atomic E-state index is 5.41. The maximum Gasteiger partial charge on any atom is 0.0480 e. The predicted octanol–water partition coefficient (Wildman–Crippen LogP) is 5.95. The van der Waals surface area contributed by atoms with E-state index in [0.717, 1.165) is 58.5 Å². The van der Waals surface area contributed by atoms with E-state index < -0.39 is 0 Å². The Bertz CT molecular complexity index is 524. The highest BCUT2D eigenvalue weighted by Gasteiger charge is 2.34. The molecule has 0 aliphatic carbocycles. The fraction of sp³-hybridized carbons (Fsp3) is 0.840. The van der Waals surface area contributed by atoms with E-state index in [0.29, 0.717) is 17.8 Å². The average molecular weight is 375 g/mol. The fourth-order valence-electron chi connectivity index (χ4n) is 3.72. The van der Waals surface area contributed by atoms with Crippen molar-refractivity contribution in [2.45, 2.75) is 80.6 Å². The van der Waals surface area contributed by atoms with Crippen LogP contribution in [0.15, 0.2) is 0 Å². The van der Waals surface area contributed by atoms with E-state index in [2.05, 4.69) is 72.1 Å². The van der Waals surface area contributed by atoms with Crippen LogP contribution in [0.1, 0.15) is 80.6 Å². The summed E-state index contributed by atoms with van der Waals surface area (Å²) >= 11 is 0. The van der Waals surface area contributed by atoms with Crippen molar-refractivity contribution in [3.8, 4) is 23.7 Å². The second-order valence-corrected chi connectivity index (χ2v) is 8.93. The summed E-state index contributed by atoms with van der Waals surface area (Å²) in [5.74, 6) is 15.3. The second-order valence-electron chi connectivity index (χ2n) is 8.93. The first kappa shape index (κ1) is 24.1. The van der Waals surface area contributed by atoms with Gasteiger partial charge in [0.25, 0.3) is 0 Å². The van der Waals surface area contributed by atoms with Crippen LogP contribution in [0.2, 0.25) is 0 Å². The lowest BCUT2D eigenvalue weighted by Gasteiger charge is -2.36. The number of ether oxygens (including phenoxy) is 2. The van der Waals surface area contributed by atoms with Gasteiger partial charge in [-0.3, -0.25) is 0 Å². The molecule has 2 nitrogen and oxygen atoms in total. The zero-order chi connectivity index (χ0) is 20.3. The molecule has 0 aromatic heterocycles. The summed E-state index contributed by atoms with van der Waals surface area (Å²) in [6.45, 7) is 19.1. The van der Waals surface area contributed by atoms with E-state index in [-0.39, 0.29) is 10.8 Å². The summed E-state index contributed by atoms with van der Waals surface area (Å²) in [6, 6.07) is 0. The predicted molar refractivity (Wildman–Crippen MR) is 115 cm³/mol. The molecule has 2 saturated heterocycles. The molecule has 0 bridgehead atoms. The van der Waals surface area contributed by atoms with Crippen molar-refractivity contribution in [2.24, 2.45) is 28.6 Å². The Morgan fingerprint density at radius 3 is 1.44 bits per heavy atom. The summed E-state index contributed by atoms with van der Waals surface area (Å²) < 4.78 is 10.8. The smallest absolute Gasteiger partial charge is 0.0480 e. The highest BCUT2D eigenvalue weighted by atomic mass is 16.5. The third kappa shape index (κ3) is 7.52. The van der Waals surface area contributed by atoms with E-state index in [4.69, 9.17) is 9.47 Å². The third-order valence-electron chi connectivity index (χ3n) is 6.10. The van der Waals surface area contributed by atoms with Crippen molar-refractivity contribution < 1.29 is 9.47 Å². The van der Waals surface area contributed by atoms with Gasteiger partial charge in [0.05, 0.1) is 0 Å². The van der Waals surface area contributed by atoms with Crippen molar-refractivity contribution in [1.82, 2.24) is 0 Å². The molecule has 0 aromatic rings.